The van der Waals surface area contributed by atoms with Crippen LogP contribution in [0.3, 0.4) is 0 Å². The minimum atomic E-state index is 0.664. The van der Waals surface area contributed by atoms with E-state index in [1.807, 2.05) is 0 Å². The van der Waals surface area contributed by atoms with Crippen LogP contribution in [0.1, 0.15) is 51.9 Å². The lowest BCUT2D eigenvalue weighted by molar-refractivity contribution is 0.151. The smallest absolute Gasteiger partial charge is 0.000528 e. The third-order valence-corrected chi connectivity index (χ3v) is 5.40. The van der Waals surface area contributed by atoms with Crippen molar-refractivity contribution in [2.24, 2.45) is 23.2 Å². The summed E-state index contributed by atoms with van der Waals surface area (Å²) in [6.07, 6.45) is 10.5. The van der Waals surface area contributed by atoms with Gasteiger partial charge in [-0.15, -0.1) is 0 Å². The van der Waals surface area contributed by atoms with Gasteiger partial charge in [0.15, 0.2) is 0 Å². The summed E-state index contributed by atoms with van der Waals surface area (Å²) in [6, 6.07) is 0. The highest BCUT2D eigenvalue weighted by Crippen LogP contribution is 2.48. The maximum absolute atomic E-state index is 3.75. The molecular formula is C14H25N. The Bertz CT molecular complexity index is 231. The normalized spacial score (nSPS) is 41.8. The first-order valence-electron chi connectivity index (χ1n) is 6.96. The Kier molecular flexibility index (Phi) is 2.54. The van der Waals surface area contributed by atoms with Crippen LogP contribution in [0.4, 0.5) is 0 Å². The maximum Gasteiger partial charge on any atom is 0.000528 e. The zero-order valence-corrected chi connectivity index (χ0v) is 10.1. The van der Waals surface area contributed by atoms with Crippen molar-refractivity contribution >= 4 is 0 Å². The van der Waals surface area contributed by atoms with E-state index in [2.05, 4.69) is 12.2 Å². The average molecular weight is 207 g/mol. The summed E-state index contributed by atoms with van der Waals surface area (Å²) in [4.78, 5) is 0. The van der Waals surface area contributed by atoms with Gasteiger partial charge in [-0.3, -0.25) is 0 Å². The molecule has 1 N–H and O–H groups in total. The van der Waals surface area contributed by atoms with E-state index in [9.17, 15) is 0 Å². The van der Waals surface area contributed by atoms with Crippen LogP contribution in [0.5, 0.6) is 0 Å². The van der Waals surface area contributed by atoms with Crippen LogP contribution in [0.15, 0.2) is 0 Å². The summed E-state index contributed by atoms with van der Waals surface area (Å²) in [5.74, 6) is 3.24. The Balaban J connectivity index is 1.39. The van der Waals surface area contributed by atoms with Gasteiger partial charge in [-0.2, -0.15) is 0 Å². The number of fused-ring (bicyclic) bond motifs is 2. The van der Waals surface area contributed by atoms with Gasteiger partial charge >= 0.3 is 0 Å². The summed E-state index contributed by atoms with van der Waals surface area (Å²) in [6.45, 7) is 5.04. The molecule has 86 valence electrons. The van der Waals surface area contributed by atoms with Crippen LogP contribution in [-0.4, -0.2) is 13.1 Å². The first-order chi connectivity index (χ1) is 7.25. The number of hydrogen-bond acceptors (Lipinski definition) is 1. The van der Waals surface area contributed by atoms with Gasteiger partial charge in [0.2, 0.25) is 0 Å². The molecule has 0 saturated heterocycles. The average Bonchev–Trinajstić information content (AvgIpc) is 2.76. The molecule has 3 saturated carbocycles. The number of hydrogen-bond donors (Lipinski definition) is 1. The van der Waals surface area contributed by atoms with E-state index in [4.69, 9.17) is 0 Å². The van der Waals surface area contributed by atoms with Crippen molar-refractivity contribution in [1.29, 1.82) is 0 Å². The van der Waals surface area contributed by atoms with Gasteiger partial charge in [0.1, 0.15) is 0 Å². The Hall–Kier alpha value is -0.0400. The van der Waals surface area contributed by atoms with E-state index in [1.165, 1.54) is 45.2 Å². The Morgan fingerprint density at radius 3 is 2.60 bits per heavy atom. The van der Waals surface area contributed by atoms with Gasteiger partial charge in [0.25, 0.3) is 0 Å². The maximum atomic E-state index is 3.75. The van der Waals surface area contributed by atoms with Gasteiger partial charge in [0, 0.05) is 6.54 Å². The fraction of sp³-hybridized carbons (Fsp3) is 1.00. The Morgan fingerprint density at radius 1 is 1.20 bits per heavy atom. The van der Waals surface area contributed by atoms with E-state index < -0.39 is 0 Å². The lowest BCUT2D eigenvalue weighted by Crippen LogP contribution is -2.39. The first kappa shape index (κ1) is 10.1. The molecule has 3 unspecified atom stereocenters. The van der Waals surface area contributed by atoms with Crippen LogP contribution in [-0.2, 0) is 0 Å². The molecule has 3 aliphatic rings. The number of nitrogens with one attached hydrogen (secondary N) is 1. The largest absolute Gasteiger partial charge is 0.316 e. The molecule has 0 aromatic rings. The van der Waals surface area contributed by atoms with Gasteiger partial charge in [-0.05, 0) is 61.8 Å². The second kappa shape index (κ2) is 3.76. The van der Waals surface area contributed by atoms with Gasteiger partial charge in [0.05, 0.1) is 0 Å². The molecule has 3 fully saturated rings. The molecule has 0 heterocycles. The molecule has 3 atom stereocenters. The molecule has 2 bridgehead atoms. The summed E-state index contributed by atoms with van der Waals surface area (Å²) in [7, 11) is 0. The monoisotopic (exact) mass is 207 g/mol. The van der Waals surface area contributed by atoms with Crippen LogP contribution in [0.2, 0.25) is 0 Å². The van der Waals surface area contributed by atoms with Crippen molar-refractivity contribution < 1.29 is 0 Å². The second-order valence-electron chi connectivity index (χ2n) is 6.73. The molecule has 3 rings (SSSR count). The molecule has 0 aromatic heterocycles. The third kappa shape index (κ3) is 1.95. The van der Waals surface area contributed by atoms with Crippen molar-refractivity contribution in [3.63, 3.8) is 0 Å². The zero-order valence-electron chi connectivity index (χ0n) is 10.1. The molecule has 0 amide bonds. The standard InChI is InChI=1S/C14H25N/c1-14(5-2-6-14)10-15-9-13-8-11-3-4-12(13)7-11/h11-13,15H,2-10H2,1H3. The molecule has 1 heteroatoms. The van der Waals surface area contributed by atoms with Crippen molar-refractivity contribution in [2.45, 2.75) is 51.9 Å². The lowest BCUT2D eigenvalue weighted by Gasteiger charge is -2.39. The highest BCUT2D eigenvalue weighted by Gasteiger charge is 2.39. The zero-order chi connectivity index (χ0) is 10.3. The van der Waals surface area contributed by atoms with Crippen LogP contribution in [0, 0.1) is 23.2 Å². The third-order valence-electron chi connectivity index (χ3n) is 5.40. The van der Waals surface area contributed by atoms with Gasteiger partial charge in [-0.25, -0.2) is 0 Å². The molecule has 15 heavy (non-hydrogen) atoms. The van der Waals surface area contributed by atoms with E-state index in [0.717, 1.165) is 17.8 Å². The van der Waals surface area contributed by atoms with E-state index in [1.54, 1.807) is 12.8 Å². The van der Waals surface area contributed by atoms with Crippen LogP contribution < -0.4 is 5.32 Å². The van der Waals surface area contributed by atoms with E-state index in [0.29, 0.717) is 5.41 Å². The predicted octanol–water partition coefficient (Wildman–Crippen LogP) is 3.20. The first-order valence-corrected chi connectivity index (χ1v) is 6.96. The van der Waals surface area contributed by atoms with Crippen LogP contribution in [0.25, 0.3) is 0 Å². The fourth-order valence-electron chi connectivity index (χ4n) is 4.14. The molecular weight excluding hydrogens is 182 g/mol. The van der Waals surface area contributed by atoms with Crippen molar-refractivity contribution in [2.75, 3.05) is 13.1 Å². The Morgan fingerprint density at radius 2 is 2.07 bits per heavy atom. The molecule has 0 radical (unpaired) electrons. The van der Waals surface area contributed by atoms with Gasteiger partial charge in [-0.1, -0.05) is 19.8 Å². The minimum Gasteiger partial charge on any atom is -0.316 e. The highest BCUT2D eigenvalue weighted by molar-refractivity contribution is 4.92. The summed E-state index contributed by atoms with van der Waals surface area (Å²) < 4.78 is 0. The predicted molar refractivity (Wildman–Crippen MR) is 63.8 cm³/mol. The molecule has 0 aromatic carbocycles. The topological polar surface area (TPSA) is 12.0 Å². The van der Waals surface area contributed by atoms with E-state index in [-0.39, 0.29) is 0 Å². The minimum absolute atomic E-state index is 0.664. The summed E-state index contributed by atoms with van der Waals surface area (Å²) >= 11 is 0. The molecule has 0 spiro atoms. The van der Waals surface area contributed by atoms with Crippen LogP contribution >= 0.6 is 0 Å². The SMILES string of the molecule is CC1(CNCC2CC3CCC2C3)CCC1. The quantitative estimate of drug-likeness (QED) is 0.746. The summed E-state index contributed by atoms with van der Waals surface area (Å²) in [5.41, 5.74) is 0.664. The van der Waals surface area contributed by atoms with E-state index >= 15 is 0 Å². The number of rotatable bonds is 4. The Labute approximate surface area is 94.0 Å². The van der Waals surface area contributed by atoms with Gasteiger partial charge < -0.3 is 5.32 Å². The molecule has 0 aliphatic heterocycles. The van der Waals surface area contributed by atoms with Crippen molar-refractivity contribution in [1.82, 2.24) is 5.32 Å². The van der Waals surface area contributed by atoms with Crippen molar-refractivity contribution in [3.8, 4) is 0 Å². The van der Waals surface area contributed by atoms with Crippen molar-refractivity contribution in [3.05, 3.63) is 0 Å². The highest BCUT2D eigenvalue weighted by atomic mass is 14.9. The summed E-state index contributed by atoms with van der Waals surface area (Å²) in [5, 5.41) is 3.75. The molecule has 3 aliphatic carbocycles. The fourth-order valence-corrected chi connectivity index (χ4v) is 4.14. The second-order valence-corrected chi connectivity index (χ2v) is 6.73. The molecule has 1 nitrogen and oxygen atoms in total. The lowest BCUT2D eigenvalue weighted by atomic mass is 9.70.